The molecule has 1 aliphatic carbocycles. The number of aromatic nitrogens is 5. The molecule has 0 radical (unpaired) electrons. The van der Waals surface area contributed by atoms with Gasteiger partial charge in [-0.25, -0.2) is 13.1 Å². The van der Waals surface area contributed by atoms with Crippen LogP contribution in [0.15, 0.2) is 21.6 Å². The molecule has 2 fully saturated rings. The molecule has 0 bridgehead atoms. The van der Waals surface area contributed by atoms with Crippen LogP contribution >= 0.6 is 0 Å². The van der Waals surface area contributed by atoms with Crippen LogP contribution in [0.1, 0.15) is 36.0 Å². The Kier molecular flexibility index (Phi) is 3.91. The normalized spacial score (nSPS) is 18.0. The first-order valence-corrected chi connectivity index (χ1v) is 10.8. The monoisotopic (exact) mass is 403 g/mol. The Morgan fingerprint density at radius 1 is 1.21 bits per heavy atom. The minimum Gasteiger partial charge on any atom is -0.360 e. The topological polar surface area (TPSA) is 119 Å². The highest BCUT2D eigenvalue weighted by Gasteiger charge is 2.32. The summed E-state index contributed by atoms with van der Waals surface area (Å²) < 4.78 is 34.5. The lowest BCUT2D eigenvalue weighted by molar-refractivity contribution is 0.390. The van der Waals surface area contributed by atoms with Gasteiger partial charge in [-0.15, -0.1) is 15.3 Å². The molecule has 0 unspecified atom stereocenters. The van der Waals surface area contributed by atoms with Crippen molar-refractivity contribution in [3.05, 3.63) is 29.4 Å². The molecule has 0 aromatic carbocycles. The van der Waals surface area contributed by atoms with E-state index in [9.17, 15) is 8.42 Å². The number of hydrogen-bond acceptors (Lipinski definition) is 8. The standard InChI is InChI=1S/C17H21N7O3S/c1-10-16(11(2)27-22-10)28(25,26)18-7-12-8-23(9-12)15-6-5-14-19-20-17(13-3-4-13)24(14)21-15/h5-6,12-13,18H,3-4,7-9H2,1-2H3. The van der Waals surface area contributed by atoms with Crippen molar-refractivity contribution in [2.75, 3.05) is 24.5 Å². The van der Waals surface area contributed by atoms with Crippen molar-refractivity contribution in [3.8, 4) is 0 Å². The van der Waals surface area contributed by atoms with Crippen LogP contribution < -0.4 is 9.62 Å². The van der Waals surface area contributed by atoms with E-state index < -0.39 is 10.0 Å². The van der Waals surface area contributed by atoms with Gasteiger partial charge in [0.2, 0.25) is 10.0 Å². The lowest BCUT2D eigenvalue weighted by atomic mass is 10.0. The third-order valence-corrected chi connectivity index (χ3v) is 6.96. The van der Waals surface area contributed by atoms with E-state index in [4.69, 9.17) is 4.52 Å². The minimum absolute atomic E-state index is 0.135. The first-order chi connectivity index (χ1) is 13.4. The highest BCUT2D eigenvalue weighted by molar-refractivity contribution is 7.89. The number of nitrogens with zero attached hydrogens (tertiary/aromatic N) is 6. The molecule has 1 saturated carbocycles. The van der Waals surface area contributed by atoms with Gasteiger partial charge in [0.05, 0.1) is 0 Å². The minimum atomic E-state index is -3.62. The maximum Gasteiger partial charge on any atom is 0.245 e. The zero-order valence-corrected chi connectivity index (χ0v) is 16.5. The quantitative estimate of drug-likeness (QED) is 0.648. The predicted molar refractivity (Wildman–Crippen MR) is 99.6 cm³/mol. The molecule has 0 amide bonds. The van der Waals surface area contributed by atoms with Crippen molar-refractivity contribution in [1.82, 2.24) is 29.7 Å². The number of aryl methyl sites for hydroxylation is 2. The number of anilines is 1. The molecule has 3 aromatic heterocycles. The van der Waals surface area contributed by atoms with Gasteiger partial charge in [0, 0.05) is 31.5 Å². The SMILES string of the molecule is Cc1noc(C)c1S(=O)(=O)NCC1CN(c2ccc3nnc(C4CC4)n3n2)C1. The van der Waals surface area contributed by atoms with Crippen molar-refractivity contribution in [2.45, 2.75) is 37.5 Å². The van der Waals surface area contributed by atoms with Crippen molar-refractivity contribution in [2.24, 2.45) is 5.92 Å². The second-order valence-corrected chi connectivity index (χ2v) is 9.27. The molecular formula is C17H21N7O3S. The van der Waals surface area contributed by atoms with E-state index in [0.29, 0.717) is 23.9 Å². The summed E-state index contributed by atoms with van der Waals surface area (Å²) in [6.07, 6.45) is 2.29. The highest BCUT2D eigenvalue weighted by Crippen LogP contribution is 2.39. The summed E-state index contributed by atoms with van der Waals surface area (Å²) in [4.78, 5) is 2.27. The third-order valence-electron chi connectivity index (χ3n) is 5.30. The van der Waals surface area contributed by atoms with Crippen LogP contribution in [0.2, 0.25) is 0 Å². The Bertz CT molecular complexity index is 1120. The predicted octanol–water partition coefficient (Wildman–Crippen LogP) is 1.02. The van der Waals surface area contributed by atoms with E-state index in [-0.39, 0.29) is 10.8 Å². The number of fused-ring (bicyclic) bond motifs is 1. The molecule has 4 heterocycles. The summed E-state index contributed by atoms with van der Waals surface area (Å²) in [6.45, 7) is 5.07. The average molecular weight is 403 g/mol. The first kappa shape index (κ1) is 17.6. The second kappa shape index (κ2) is 6.24. The Morgan fingerprint density at radius 2 is 2.00 bits per heavy atom. The molecule has 28 heavy (non-hydrogen) atoms. The van der Waals surface area contributed by atoms with E-state index in [1.165, 1.54) is 0 Å². The van der Waals surface area contributed by atoms with Crippen LogP contribution in [-0.4, -0.2) is 53.0 Å². The van der Waals surface area contributed by atoms with Crippen LogP contribution in [0, 0.1) is 19.8 Å². The molecule has 1 saturated heterocycles. The highest BCUT2D eigenvalue weighted by atomic mass is 32.2. The maximum atomic E-state index is 12.5. The maximum absolute atomic E-state index is 12.5. The van der Waals surface area contributed by atoms with Crippen molar-refractivity contribution in [3.63, 3.8) is 0 Å². The molecule has 3 aromatic rings. The first-order valence-electron chi connectivity index (χ1n) is 9.32. The lowest BCUT2D eigenvalue weighted by Crippen LogP contribution is -2.52. The Hall–Kier alpha value is -2.53. The molecule has 0 spiro atoms. The zero-order chi connectivity index (χ0) is 19.5. The smallest absolute Gasteiger partial charge is 0.245 e. The van der Waals surface area contributed by atoms with E-state index in [2.05, 4.69) is 30.1 Å². The Labute approximate surface area is 162 Å². The third kappa shape index (κ3) is 2.94. The summed E-state index contributed by atoms with van der Waals surface area (Å²) in [5.41, 5.74) is 1.13. The fourth-order valence-electron chi connectivity index (χ4n) is 3.60. The van der Waals surface area contributed by atoms with Crippen molar-refractivity contribution >= 4 is 21.5 Å². The fraction of sp³-hybridized carbons (Fsp3) is 0.529. The van der Waals surface area contributed by atoms with E-state index in [1.54, 1.807) is 13.8 Å². The second-order valence-electron chi connectivity index (χ2n) is 7.57. The van der Waals surface area contributed by atoms with Crippen molar-refractivity contribution < 1.29 is 12.9 Å². The van der Waals surface area contributed by atoms with Crippen LogP contribution in [0.5, 0.6) is 0 Å². The van der Waals surface area contributed by atoms with Gasteiger partial charge in [0.25, 0.3) is 0 Å². The van der Waals surface area contributed by atoms with E-state index >= 15 is 0 Å². The summed E-state index contributed by atoms with van der Waals surface area (Å²) in [6, 6.07) is 3.86. The summed E-state index contributed by atoms with van der Waals surface area (Å²) in [7, 11) is -3.62. The molecule has 11 heteroatoms. The van der Waals surface area contributed by atoms with Gasteiger partial charge >= 0.3 is 0 Å². The van der Waals surface area contributed by atoms with Crippen LogP contribution in [0.25, 0.3) is 5.65 Å². The van der Waals surface area contributed by atoms with Gasteiger partial charge in [-0.1, -0.05) is 5.16 Å². The Balaban J connectivity index is 1.23. The van der Waals surface area contributed by atoms with Gasteiger partial charge in [-0.05, 0) is 38.8 Å². The largest absolute Gasteiger partial charge is 0.360 e. The molecule has 1 aliphatic heterocycles. The average Bonchev–Trinajstić information content (AvgIpc) is 3.28. The molecule has 0 atom stereocenters. The van der Waals surface area contributed by atoms with Crippen LogP contribution in [-0.2, 0) is 10.0 Å². The lowest BCUT2D eigenvalue weighted by Gasteiger charge is -2.40. The van der Waals surface area contributed by atoms with Crippen molar-refractivity contribution in [1.29, 1.82) is 0 Å². The molecule has 5 rings (SSSR count). The summed E-state index contributed by atoms with van der Waals surface area (Å²) in [5, 5.41) is 16.8. The fourth-order valence-corrected chi connectivity index (χ4v) is 5.05. The zero-order valence-electron chi connectivity index (χ0n) is 15.7. The van der Waals surface area contributed by atoms with Gasteiger partial charge < -0.3 is 9.42 Å². The van der Waals surface area contributed by atoms with Gasteiger partial charge in [0.1, 0.15) is 16.4 Å². The molecule has 148 valence electrons. The molecule has 10 nitrogen and oxygen atoms in total. The number of rotatable bonds is 6. The van der Waals surface area contributed by atoms with Crippen LogP contribution in [0.4, 0.5) is 5.82 Å². The molecule has 2 aliphatic rings. The summed E-state index contributed by atoms with van der Waals surface area (Å²) in [5.74, 6) is 2.79. The number of sulfonamides is 1. The van der Waals surface area contributed by atoms with Gasteiger partial charge in [-0.3, -0.25) is 0 Å². The van der Waals surface area contributed by atoms with E-state index in [0.717, 1.165) is 43.2 Å². The van der Waals surface area contributed by atoms with Gasteiger partial charge in [-0.2, -0.15) is 4.52 Å². The molecular weight excluding hydrogens is 382 g/mol. The Morgan fingerprint density at radius 3 is 2.68 bits per heavy atom. The van der Waals surface area contributed by atoms with Gasteiger partial charge in [0.15, 0.2) is 17.2 Å². The number of nitrogens with one attached hydrogen (secondary N) is 1. The van der Waals surface area contributed by atoms with Crippen LogP contribution in [0.3, 0.4) is 0 Å². The molecule has 1 N–H and O–H groups in total. The number of hydrogen-bond donors (Lipinski definition) is 1. The van der Waals surface area contributed by atoms with E-state index in [1.807, 2.05) is 16.6 Å². The summed E-state index contributed by atoms with van der Waals surface area (Å²) >= 11 is 0.